The first-order valence-corrected chi connectivity index (χ1v) is 7.92. The Bertz CT molecular complexity index is 334. The van der Waals surface area contributed by atoms with Gasteiger partial charge in [-0.2, -0.15) is 0 Å². The van der Waals surface area contributed by atoms with E-state index in [9.17, 15) is 4.21 Å². The Balaban J connectivity index is 2.60. The van der Waals surface area contributed by atoms with Crippen LogP contribution >= 0.6 is 15.9 Å². The van der Waals surface area contributed by atoms with Gasteiger partial charge in [-0.05, 0) is 36.6 Å². The molecule has 2 unspecified atom stereocenters. The Morgan fingerprint density at radius 2 is 1.88 bits per heavy atom. The summed E-state index contributed by atoms with van der Waals surface area (Å²) in [6.07, 6.45) is 3.48. The lowest BCUT2D eigenvalue weighted by Crippen LogP contribution is -2.10. The molecule has 0 saturated carbocycles. The Hall–Kier alpha value is -0.150. The summed E-state index contributed by atoms with van der Waals surface area (Å²) in [5, 5.41) is 0. The van der Waals surface area contributed by atoms with Crippen molar-refractivity contribution in [3.05, 3.63) is 28.7 Å². The second-order valence-corrected chi connectivity index (χ2v) is 6.44. The van der Waals surface area contributed by atoms with Crippen LogP contribution in [-0.2, 0) is 10.8 Å². The van der Waals surface area contributed by atoms with E-state index in [1.165, 1.54) is 12.8 Å². The molecule has 0 aliphatic rings. The van der Waals surface area contributed by atoms with Crippen molar-refractivity contribution in [1.29, 1.82) is 0 Å². The lowest BCUT2D eigenvalue weighted by molar-refractivity contribution is 0.511. The monoisotopic (exact) mass is 302 g/mol. The van der Waals surface area contributed by atoms with E-state index in [0.29, 0.717) is 5.92 Å². The van der Waals surface area contributed by atoms with Crippen molar-refractivity contribution in [3.63, 3.8) is 0 Å². The van der Waals surface area contributed by atoms with Gasteiger partial charge < -0.3 is 0 Å². The van der Waals surface area contributed by atoms with Crippen LogP contribution < -0.4 is 0 Å². The van der Waals surface area contributed by atoms with Gasteiger partial charge in [-0.3, -0.25) is 4.21 Å². The molecule has 1 aromatic rings. The molecule has 0 N–H and O–H groups in total. The van der Waals surface area contributed by atoms with Crippen LogP contribution in [0.5, 0.6) is 0 Å². The van der Waals surface area contributed by atoms with Crippen molar-refractivity contribution in [2.75, 3.05) is 5.75 Å². The van der Waals surface area contributed by atoms with E-state index in [0.717, 1.165) is 21.5 Å². The normalized spacial score (nSPS) is 14.7. The molecule has 1 aromatic carbocycles. The highest BCUT2D eigenvalue weighted by atomic mass is 79.9. The van der Waals surface area contributed by atoms with Crippen molar-refractivity contribution in [2.45, 2.75) is 38.0 Å². The maximum Gasteiger partial charge on any atom is 0.0532 e. The van der Waals surface area contributed by atoms with E-state index in [1.54, 1.807) is 0 Å². The minimum absolute atomic E-state index is 0.592. The second-order valence-electron chi connectivity index (χ2n) is 4.03. The van der Waals surface area contributed by atoms with Crippen molar-refractivity contribution >= 4 is 26.7 Å². The summed E-state index contributed by atoms with van der Waals surface area (Å²) < 4.78 is 13.1. The maximum atomic E-state index is 12.1. The topological polar surface area (TPSA) is 17.1 Å². The summed E-state index contributed by atoms with van der Waals surface area (Å²) >= 11 is 3.38. The molecule has 90 valence electrons. The lowest BCUT2D eigenvalue weighted by atomic mass is 10.0. The maximum absolute atomic E-state index is 12.1. The molecule has 0 aliphatic carbocycles. The van der Waals surface area contributed by atoms with E-state index >= 15 is 0 Å². The van der Waals surface area contributed by atoms with E-state index in [4.69, 9.17) is 0 Å². The summed E-state index contributed by atoms with van der Waals surface area (Å²) in [6.45, 7) is 4.37. The zero-order valence-electron chi connectivity index (χ0n) is 9.91. The molecule has 1 nitrogen and oxygen atoms in total. The molecule has 0 spiro atoms. The fourth-order valence-corrected chi connectivity index (χ4v) is 3.44. The van der Waals surface area contributed by atoms with E-state index < -0.39 is 10.8 Å². The standard InChI is InChI=1S/C13H19BrOS/c1-3-5-11(4-2)10-16(15)13-8-6-12(14)7-9-13/h6-9,11H,3-5,10H2,1-2H3. The summed E-state index contributed by atoms with van der Waals surface area (Å²) in [7, 11) is -0.844. The molecule has 0 heterocycles. The van der Waals surface area contributed by atoms with Crippen molar-refractivity contribution in [3.8, 4) is 0 Å². The Morgan fingerprint density at radius 1 is 1.25 bits per heavy atom. The molecular formula is C13H19BrOS. The summed E-state index contributed by atoms with van der Waals surface area (Å²) in [5.74, 6) is 1.39. The molecule has 0 aliphatic heterocycles. The van der Waals surface area contributed by atoms with Gasteiger partial charge in [0.15, 0.2) is 0 Å². The van der Waals surface area contributed by atoms with Crippen molar-refractivity contribution < 1.29 is 4.21 Å². The first-order chi connectivity index (χ1) is 7.67. The minimum atomic E-state index is -0.844. The number of rotatable bonds is 6. The number of halogens is 1. The van der Waals surface area contributed by atoms with Gasteiger partial charge in [-0.15, -0.1) is 0 Å². The lowest BCUT2D eigenvalue weighted by Gasteiger charge is -2.13. The van der Waals surface area contributed by atoms with Gasteiger partial charge in [0.1, 0.15) is 0 Å². The SMILES string of the molecule is CCCC(CC)CS(=O)c1ccc(Br)cc1. The average Bonchev–Trinajstić information content (AvgIpc) is 2.29. The molecule has 3 heteroatoms. The molecule has 0 fully saturated rings. The van der Waals surface area contributed by atoms with Crippen LogP contribution in [0.3, 0.4) is 0 Å². The van der Waals surface area contributed by atoms with E-state index in [1.807, 2.05) is 24.3 Å². The fraction of sp³-hybridized carbons (Fsp3) is 0.538. The number of hydrogen-bond donors (Lipinski definition) is 0. The largest absolute Gasteiger partial charge is 0.254 e. The van der Waals surface area contributed by atoms with Gasteiger partial charge in [0.25, 0.3) is 0 Å². The zero-order valence-corrected chi connectivity index (χ0v) is 12.3. The third-order valence-corrected chi connectivity index (χ3v) is 4.84. The Kier molecular flexibility index (Phi) is 6.29. The summed E-state index contributed by atoms with van der Waals surface area (Å²) in [5.41, 5.74) is 0. The van der Waals surface area contributed by atoms with Gasteiger partial charge in [0.05, 0.1) is 10.8 Å². The summed E-state index contributed by atoms with van der Waals surface area (Å²) in [6, 6.07) is 7.79. The van der Waals surface area contributed by atoms with Gasteiger partial charge in [-0.25, -0.2) is 0 Å². The molecule has 0 aromatic heterocycles. The fourth-order valence-electron chi connectivity index (χ4n) is 1.71. The van der Waals surface area contributed by atoms with Crippen LogP contribution in [0, 0.1) is 5.92 Å². The third-order valence-electron chi connectivity index (χ3n) is 2.74. The highest BCUT2D eigenvalue weighted by Crippen LogP contribution is 2.18. The highest BCUT2D eigenvalue weighted by Gasteiger charge is 2.11. The van der Waals surface area contributed by atoms with Crippen LogP contribution in [0.4, 0.5) is 0 Å². The molecular weight excluding hydrogens is 284 g/mol. The predicted octanol–water partition coefficient (Wildman–Crippen LogP) is 4.38. The van der Waals surface area contributed by atoms with Gasteiger partial charge >= 0.3 is 0 Å². The Labute approximate surface area is 109 Å². The zero-order chi connectivity index (χ0) is 12.0. The first-order valence-electron chi connectivity index (χ1n) is 5.81. The molecule has 0 bridgehead atoms. The average molecular weight is 303 g/mol. The smallest absolute Gasteiger partial charge is 0.0532 e. The van der Waals surface area contributed by atoms with Crippen LogP contribution in [-0.4, -0.2) is 9.96 Å². The van der Waals surface area contributed by atoms with Crippen molar-refractivity contribution in [1.82, 2.24) is 0 Å². The van der Waals surface area contributed by atoms with Crippen LogP contribution in [0.1, 0.15) is 33.1 Å². The molecule has 2 atom stereocenters. The van der Waals surface area contributed by atoms with Crippen LogP contribution in [0.25, 0.3) is 0 Å². The minimum Gasteiger partial charge on any atom is -0.254 e. The third kappa shape index (κ3) is 4.38. The van der Waals surface area contributed by atoms with E-state index in [-0.39, 0.29) is 0 Å². The van der Waals surface area contributed by atoms with Crippen molar-refractivity contribution in [2.24, 2.45) is 5.92 Å². The van der Waals surface area contributed by atoms with Gasteiger partial charge in [0.2, 0.25) is 0 Å². The van der Waals surface area contributed by atoms with E-state index in [2.05, 4.69) is 29.8 Å². The molecule has 16 heavy (non-hydrogen) atoms. The van der Waals surface area contributed by atoms with Gasteiger partial charge in [0, 0.05) is 15.1 Å². The quantitative estimate of drug-likeness (QED) is 0.762. The van der Waals surface area contributed by atoms with Crippen LogP contribution in [0.15, 0.2) is 33.6 Å². The predicted molar refractivity (Wildman–Crippen MR) is 74.1 cm³/mol. The number of hydrogen-bond acceptors (Lipinski definition) is 1. The second kappa shape index (κ2) is 7.23. The summed E-state index contributed by atoms with van der Waals surface area (Å²) in [4.78, 5) is 0.942. The highest BCUT2D eigenvalue weighted by molar-refractivity contribution is 9.10. The molecule has 1 rings (SSSR count). The first kappa shape index (κ1) is 13.9. The molecule has 0 amide bonds. The van der Waals surface area contributed by atoms with Gasteiger partial charge in [-0.1, -0.05) is 42.6 Å². The molecule has 0 radical (unpaired) electrons. The Morgan fingerprint density at radius 3 is 2.38 bits per heavy atom. The number of benzene rings is 1. The molecule has 0 saturated heterocycles. The van der Waals surface area contributed by atoms with Crippen LogP contribution in [0.2, 0.25) is 0 Å².